The highest BCUT2D eigenvalue weighted by atomic mass is 16.5. The first-order valence-electron chi connectivity index (χ1n) is 8.11. The summed E-state index contributed by atoms with van der Waals surface area (Å²) in [7, 11) is 0. The van der Waals surface area contributed by atoms with E-state index in [1.807, 2.05) is 16.8 Å². The zero-order valence-electron chi connectivity index (χ0n) is 13.6. The van der Waals surface area contributed by atoms with E-state index >= 15 is 0 Å². The van der Waals surface area contributed by atoms with Crippen LogP contribution in [-0.2, 0) is 0 Å². The van der Waals surface area contributed by atoms with Gasteiger partial charge in [-0.2, -0.15) is 5.10 Å². The fourth-order valence-electron chi connectivity index (χ4n) is 2.68. The van der Waals surface area contributed by atoms with Crippen LogP contribution in [0.5, 0.6) is 5.75 Å². The summed E-state index contributed by atoms with van der Waals surface area (Å²) in [5.74, 6) is 0.756. The van der Waals surface area contributed by atoms with E-state index in [2.05, 4.69) is 23.8 Å². The topological polar surface area (TPSA) is 69.9 Å². The largest absolute Gasteiger partial charge is 0.489 e. The monoisotopic (exact) mass is 322 g/mol. The molecular formula is C18H18N4O2. The van der Waals surface area contributed by atoms with E-state index in [1.165, 1.54) is 0 Å². The second kappa shape index (κ2) is 5.70. The van der Waals surface area contributed by atoms with E-state index in [9.17, 15) is 4.79 Å². The summed E-state index contributed by atoms with van der Waals surface area (Å²) in [5, 5.41) is 4.71. The lowest BCUT2D eigenvalue weighted by Gasteiger charge is -2.06. The molecule has 0 aliphatic heterocycles. The Morgan fingerprint density at radius 1 is 1.25 bits per heavy atom. The van der Waals surface area contributed by atoms with Crippen molar-refractivity contribution in [3.05, 3.63) is 36.3 Å². The van der Waals surface area contributed by atoms with Crippen LogP contribution in [0.3, 0.4) is 0 Å². The summed E-state index contributed by atoms with van der Waals surface area (Å²) in [5.41, 5.74) is 3.77. The van der Waals surface area contributed by atoms with Gasteiger partial charge in [-0.3, -0.25) is 19.4 Å². The summed E-state index contributed by atoms with van der Waals surface area (Å²) in [4.78, 5) is 19.8. The minimum Gasteiger partial charge on any atom is -0.489 e. The average molecular weight is 322 g/mol. The molecule has 0 unspecified atom stereocenters. The first-order chi connectivity index (χ1) is 11.7. The molecule has 1 fully saturated rings. The average Bonchev–Trinajstić information content (AvgIpc) is 3.31. The van der Waals surface area contributed by atoms with Gasteiger partial charge in [0.2, 0.25) is 0 Å². The number of hydrogen-bond acceptors (Lipinski definition) is 5. The van der Waals surface area contributed by atoms with Crippen LogP contribution in [0, 0.1) is 0 Å². The summed E-state index contributed by atoms with van der Waals surface area (Å²) in [6.07, 6.45) is 8.39. The smallest absolute Gasteiger partial charge is 0.151 e. The van der Waals surface area contributed by atoms with Gasteiger partial charge < -0.3 is 4.74 Å². The van der Waals surface area contributed by atoms with Crippen LogP contribution in [0.4, 0.5) is 0 Å². The van der Waals surface area contributed by atoms with Gasteiger partial charge in [-0.15, -0.1) is 0 Å². The molecular weight excluding hydrogens is 304 g/mol. The molecule has 1 saturated carbocycles. The quantitative estimate of drug-likeness (QED) is 0.673. The fourth-order valence-corrected chi connectivity index (χ4v) is 2.68. The van der Waals surface area contributed by atoms with Crippen LogP contribution in [-0.4, -0.2) is 32.1 Å². The van der Waals surface area contributed by atoms with Gasteiger partial charge in [0.25, 0.3) is 0 Å². The van der Waals surface area contributed by atoms with Gasteiger partial charge in [-0.25, -0.2) is 0 Å². The molecule has 3 aromatic rings. The van der Waals surface area contributed by atoms with E-state index in [4.69, 9.17) is 9.84 Å². The molecule has 3 heterocycles. The minimum atomic E-state index is 0.156. The van der Waals surface area contributed by atoms with Crippen molar-refractivity contribution in [2.45, 2.75) is 38.8 Å². The Hall–Kier alpha value is -2.76. The Morgan fingerprint density at radius 2 is 2.08 bits per heavy atom. The molecule has 0 saturated heterocycles. The number of carbonyl (C=O) groups is 1. The van der Waals surface area contributed by atoms with Gasteiger partial charge >= 0.3 is 0 Å². The van der Waals surface area contributed by atoms with Crippen molar-refractivity contribution in [2.24, 2.45) is 0 Å². The van der Waals surface area contributed by atoms with Crippen molar-refractivity contribution in [2.75, 3.05) is 0 Å². The first-order valence-corrected chi connectivity index (χ1v) is 8.11. The molecule has 6 heteroatoms. The van der Waals surface area contributed by atoms with E-state index in [0.717, 1.165) is 47.2 Å². The molecule has 24 heavy (non-hydrogen) atoms. The van der Waals surface area contributed by atoms with Crippen molar-refractivity contribution in [3.8, 4) is 17.0 Å². The van der Waals surface area contributed by atoms with E-state index in [-0.39, 0.29) is 6.04 Å². The zero-order valence-corrected chi connectivity index (χ0v) is 13.6. The number of pyridine rings is 2. The molecule has 1 aliphatic rings. The molecule has 0 N–H and O–H groups in total. The number of carbonyl (C=O) groups excluding carboxylic acids is 1. The second-order valence-corrected chi connectivity index (χ2v) is 6.37. The summed E-state index contributed by atoms with van der Waals surface area (Å²) in [6, 6.07) is 3.93. The molecule has 0 atom stereocenters. The lowest BCUT2D eigenvalue weighted by molar-refractivity contribution is 0.112. The highest BCUT2D eigenvalue weighted by Crippen LogP contribution is 2.32. The zero-order chi connectivity index (χ0) is 16.7. The lowest BCUT2D eigenvalue weighted by Crippen LogP contribution is -2.03. The van der Waals surface area contributed by atoms with Crippen molar-refractivity contribution in [3.63, 3.8) is 0 Å². The third-order valence-electron chi connectivity index (χ3n) is 4.01. The van der Waals surface area contributed by atoms with Gasteiger partial charge in [0.1, 0.15) is 17.0 Å². The highest BCUT2D eigenvalue weighted by molar-refractivity contribution is 5.92. The first kappa shape index (κ1) is 14.8. The van der Waals surface area contributed by atoms with Crippen LogP contribution >= 0.6 is 0 Å². The van der Waals surface area contributed by atoms with Crippen molar-refractivity contribution >= 4 is 17.3 Å². The highest BCUT2D eigenvalue weighted by Gasteiger charge is 2.24. The number of fused-ring (bicyclic) bond motifs is 1. The predicted molar refractivity (Wildman–Crippen MR) is 90.2 cm³/mol. The van der Waals surface area contributed by atoms with Crippen LogP contribution in [0.1, 0.15) is 43.1 Å². The molecule has 0 aromatic carbocycles. The molecule has 4 rings (SSSR count). The third-order valence-corrected chi connectivity index (χ3v) is 4.01. The number of rotatable bonds is 5. The number of aldehydes is 1. The molecule has 0 bridgehead atoms. The third kappa shape index (κ3) is 2.64. The lowest BCUT2D eigenvalue weighted by atomic mass is 10.1. The maximum absolute atomic E-state index is 11.1. The predicted octanol–water partition coefficient (Wildman–Crippen LogP) is 3.43. The number of ether oxygens (including phenoxy) is 1. The molecule has 0 radical (unpaired) electrons. The number of aromatic nitrogens is 4. The Labute approximate surface area is 139 Å². The van der Waals surface area contributed by atoms with Gasteiger partial charge in [-0.1, -0.05) is 0 Å². The van der Waals surface area contributed by atoms with Crippen molar-refractivity contribution in [1.82, 2.24) is 19.7 Å². The standard InChI is InChI=1S/C18H18N4O2/c1-11(2)22-16-5-12(10-23)7-20-18(16)17(21-22)13-6-15(9-19-8-13)24-14-3-4-14/h5-11,14H,3-4H2,1-2H3. The SMILES string of the molecule is CC(C)n1nc(-c2cncc(OC3CC3)c2)c2ncc(C=O)cc21. The Balaban J connectivity index is 1.85. The second-order valence-electron chi connectivity index (χ2n) is 6.37. The number of hydrogen-bond donors (Lipinski definition) is 0. The Morgan fingerprint density at radius 3 is 2.79 bits per heavy atom. The van der Waals surface area contributed by atoms with Crippen LogP contribution in [0.15, 0.2) is 30.7 Å². The van der Waals surface area contributed by atoms with Crippen molar-refractivity contribution in [1.29, 1.82) is 0 Å². The molecule has 122 valence electrons. The molecule has 0 spiro atoms. The van der Waals surface area contributed by atoms with Gasteiger partial charge in [0, 0.05) is 29.6 Å². The van der Waals surface area contributed by atoms with Gasteiger partial charge in [0.15, 0.2) is 6.29 Å². The van der Waals surface area contributed by atoms with Crippen LogP contribution in [0.2, 0.25) is 0 Å². The summed E-state index contributed by atoms with van der Waals surface area (Å²) >= 11 is 0. The fraction of sp³-hybridized carbons (Fsp3) is 0.333. The summed E-state index contributed by atoms with van der Waals surface area (Å²) < 4.78 is 7.71. The maximum atomic E-state index is 11.1. The Bertz CT molecular complexity index is 913. The molecule has 0 amide bonds. The Kier molecular flexibility index (Phi) is 3.52. The van der Waals surface area contributed by atoms with Gasteiger partial charge in [-0.05, 0) is 38.8 Å². The van der Waals surface area contributed by atoms with E-state index in [0.29, 0.717) is 11.7 Å². The van der Waals surface area contributed by atoms with E-state index in [1.54, 1.807) is 18.6 Å². The summed E-state index contributed by atoms with van der Waals surface area (Å²) in [6.45, 7) is 4.10. The van der Waals surface area contributed by atoms with E-state index < -0.39 is 0 Å². The molecule has 3 aromatic heterocycles. The normalized spacial score (nSPS) is 14.3. The van der Waals surface area contributed by atoms with Crippen molar-refractivity contribution < 1.29 is 9.53 Å². The maximum Gasteiger partial charge on any atom is 0.151 e. The van der Waals surface area contributed by atoms with Crippen LogP contribution < -0.4 is 4.74 Å². The minimum absolute atomic E-state index is 0.156. The van der Waals surface area contributed by atoms with Gasteiger partial charge in [0.05, 0.1) is 17.8 Å². The molecule has 6 nitrogen and oxygen atoms in total. The molecule has 1 aliphatic carbocycles. The number of nitrogens with zero attached hydrogens (tertiary/aromatic N) is 4. The van der Waals surface area contributed by atoms with Crippen LogP contribution in [0.25, 0.3) is 22.3 Å².